The van der Waals surface area contributed by atoms with Crippen LogP contribution in [0.4, 0.5) is 0 Å². The Morgan fingerprint density at radius 2 is 1.82 bits per heavy atom. The summed E-state index contributed by atoms with van der Waals surface area (Å²) in [6.45, 7) is 4.91. The van der Waals surface area contributed by atoms with Crippen LogP contribution < -0.4 is 0 Å². The fourth-order valence-electron chi connectivity index (χ4n) is 4.88. The topological polar surface area (TPSA) is 56.1 Å². The number of benzene rings is 1. The van der Waals surface area contributed by atoms with Gasteiger partial charge in [-0.1, -0.05) is 48.2 Å². The van der Waals surface area contributed by atoms with Crippen LogP contribution in [-0.2, 0) is 24.2 Å². The Balaban J connectivity index is 1.23. The van der Waals surface area contributed by atoms with E-state index < -0.39 is 0 Å². The second-order valence-corrected chi connectivity index (χ2v) is 10.1. The van der Waals surface area contributed by atoms with E-state index in [2.05, 4.69) is 55.9 Å². The molecule has 0 saturated carbocycles. The van der Waals surface area contributed by atoms with Crippen LogP contribution in [0, 0.1) is 0 Å². The zero-order valence-corrected chi connectivity index (χ0v) is 20.0. The molecule has 2 aromatic heterocycles. The number of hydrogen-bond donors (Lipinski definition) is 0. The van der Waals surface area contributed by atoms with E-state index in [1.807, 2.05) is 30.2 Å². The van der Waals surface area contributed by atoms with Crippen LogP contribution in [0.1, 0.15) is 48.6 Å². The van der Waals surface area contributed by atoms with Crippen molar-refractivity contribution < 1.29 is 4.74 Å². The van der Waals surface area contributed by atoms with Crippen molar-refractivity contribution in [3.05, 3.63) is 71.8 Å². The first-order valence-corrected chi connectivity index (χ1v) is 13.2. The summed E-state index contributed by atoms with van der Waals surface area (Å²) >= 11 is 1.83. The molecule has 5 rings (SSSR count). The van der Waals surface area contributed by atoms with Crippen LogP contribution in [0.3, 0.4) is 0 Å². The normalized spacial score (nSPS) is 19.8. The van der Waals surface area contributed by atoms with Crippen LogP contribution in [0.5, 0.6) is 0 Å². The van der Waals surface area contributed by atoms with Gasteiger partial charge in [-0.3, -0.25) is 9.88 Å². The second kappa shape index (κ2) is 11.3. The SMILES string of the molecule is c1ccc(CCSc2nnc(C3CCN(Cc4cccnc4)CC3)n2C[C@H]2CCCO2)cc1. The molecule has 0 spiro atoms. The van der Waals surface area contributed by atoms with Crippen LogP contribution >= 0.6 is 11.8 Å². The molecule has 2 aliphatic heterocycles. The van der Waals surface area contributed by atoms with E-state index in [4.69, 9.17) is 9.84 Å². The average Bonchev–Trinajstić information content (AvgIpc) is 3.52. The Morgan fingerprint density at radius 3 is 2.58 bits per heavy atom. The number of piperidine rings is 1. The lowest BCUT2D eigenvalue weighted by Crippen LogP contribution is -2.33. The summed E-state index contributed by atoms with van der Waals surface area (Å²) in [6, 6.07) is 14.9. The number of hydrogen-bond acceptors (Lipinski definition) is 6. The molecule has 3 aromatic rings. The molecular weight excluding hydrogens is 430 g/mol. The minimum Gasteiger partial charge on any atom is -0.376 e. The van der Waals surface area contributed by atoms with E-state index in [0.717, 1.165) is 81.6 Å². The summed E-state index contributed by atoms with van der Waals surface area (Å²) < 4.78 is 8.36. The van der Waals surface area contributed by atoms with Crippen molar-refractivity contribution in [1.82, 2.24) is 24.6 Å². The Bertz CT molecular complexity index is 982. The predicted molar refractivity (Wildman–Crippen MR) is 131 cm³/mol. The maximum absolute atomic E-state index is 5.98. The lowest BCUT2D eigenvalue weighted by atomic mass is 9.95. The van der Waals surface area contributed by atoms with E-state index >= 15 is 0 Å². The molecule has 6 nitrogen and oxygen atoms in total. The molecule has 1 aromatic carbocycles. The maximum atomic E-state index is 5.98. The summed E-state index contributed by atoms with van der Waals surface area (Å²) in [5.41, 5.74) is 2.66. The number of likely N-dealkylation sites (tertiary alicyclic amines) is 1. The van der Waals surface area contributed by atoms with Gasteiger partial charge in [-0.15, -0.1) is 10.2 Å². The molecule has 174 valence electrons. The number of nitrogens with zero attached hydrogens (tertiary/aromatic N) is 5. The highest BCUT2D eigenvalue weighted by Gasteiger charge is 2.28. The number of aryl methyl sites for hydroxylation is 1. The van der Waals surface area contributed by atoms with Gasteiger partial charge in [0.1, 0.15) is 5.82 Å². The predicted octanol–water partition coefficient (Wildman–Crippen LogP) is 4.57. The first-order valence-electron chi connectivity index (χ1n) is 12.2. The van der Waals surface area contributed by atoms with Gasteiger partial charge < -0.3 is 9.30 Å². The summed E-state index contributed by atoms with van der Waals surface area (Å²) in [4.78, 5) is 6.79. The van der Waals surface area contributed by atoms with Gasteiger partial charge in [0.05, 0.1) is 12.6 Å². The van der Waals surface area contributed by atoms with Gasteiger partial charge in [0, 0.05) is 37.2 Å². The van der Waals surface area contributed by atoms with Gasteiger partial charge in [0.25, 0.3) is 0 Å². The molecule has 2 aliphatic rings. The van der Waals surface area contributed by atoms with Crippen molar-refractivity contribution in [3.8, 4) is 0 Å². The fraction of sp³-hybridized carbons (Fsp3) is 0.500. The van der Waals surface area contributed by atoms with E-state index in [1.54, 1.807) is 0 Å². The smallest absolute Gasteiger partial charge is 0.191 e. The molecule has 33 heavy (non-hydrogen) atoms. The Morgan fingerprint density at radius 1 is 0.970 bits per heavy atom. The molecule has 7 heteroatoms. The van der Waals surface area contributed by atoms with E-state index in [0.29, 0.717) is 12.0 Å². The zero-order valence-electron chi connectivity index (χ0n) is 19.2. The molecular formula is C26H33N5OS. The Hall–Kier alpha value is -2.22. The Kier molecular flexibility index (Phi) is 7.71. The third-order valence-electron chi connectivity index (χ3n) is 6.70. The molecule has 0 N–H and O–H groups in total. The number of rotatable bonds is 9. The standard InChI is InChI=1S/C26H33N5OS/c1-2-6-21(7-3-1)12-17-33-26-29-28-25(31(26)20-24-9-5-16-32-24)23-10-14-30(15-11-23)19-22-8-4-13-27-18-22/h1-4,6-8,13,18,23-24H,5,9-12,14-17,19-20H2/t24-/m1/s1. The summed E-state index contributed by atoms with van der Waals surface area (Å²) in [5.74, 6) is 2.64. The van der Waals surface area contributed by atoms with Crippen LogP contribution in [0.2, 0.25) is 0 Å². The van der Waals surface area contributed by atoms with E-state index in [9.17, 15) is 0 Å². The van der Waals surface area contributed by atoms with Gasteiger partial charge in [0.15, 0.2) is 5.16 Å². The quantitative estimate of drug-likeness (QED) is 0.434. The summed E-state index contributed by atoms with van der Waals surface area (Å²) in [5, 5.41) is 10.4. The van der Waals surface area contributed by atoms with Crippen molar-refractivity contribution in [2.75, 3.05) is 25.4 Å². The molecule has 1 atom stereocenters. The lowest BCUT2D eigenvalue weighted by molar-refractivity contribution is 0.0931. The molecule has 0 unspecified atom stereocenters. The third kappa shape index (κ3) is 6.02. The van der Waals surface area contributed by atoms with Crippen LogP contribution in [-0.4, -0.2) is 56.2 Å². The largest absolute Gasteiger partial charge is 0.376 e. The van der Waals surface area contributed by atoms with Gasteiger partial charge in [-0.2, -0.15) is 0 Å². The molecule has 0 aliphatic carbocycles. The highest BCUT2D eigenvalue weighted by atomic mass is 32.2. The molecule has 0 amide bonds. The first kappa shape index (κ1) is 22.6. The molecule has 2 fully saturated rings. The highest BCUT2D eigenvalue weighted by Crippen LogP contribution is 2.31. The van der Waals surface area contributed by atoms with Crippen LogP contribution in [0.15, 0.2) is 60.0 Å². The van der Waals surface area contributed by atoms with Gasteiger partial charge in [0.2, 0.25) is 0 Å². The molecule has 4 heterocycles. The minimum atomic E-state index is 0.291. The summed E-state index contributed by atoms with van der Waals surface area (Å²) in [6.07, 6.45) is 9.69. The highest BCUT2D eigenvalue weighted by molar-refractivity contribution is 7.99. The zero-order chi connectivity index (χ0) is 22.3. The van der Waals surface area contributed by atoms with Gasteiger partial charge in [-0.25, -0.2) is 0 Å². The summed E-state index contributed by atoms with van der Waals surface area (Å²) in [7, 11) is 0. The lowest BCUT2D eigenvalue weighted by Gasteiger charge is -2.31. The molecule has 2 saturated heterocycles. The van der Waals surface area contributed by atoms with Crippen molar-refractivity contribution in [1.29, 1.82) is 0 Å². The van der Waals surface area contributed by atoms with E-state index in [1.165, 1.54) is 11.1 Å². The second-order valence-electron chi connectivity index (χ2n) is 9.08. The molecule has 0 bridgehead atoms. The van der Waals surface area contributed by atoms with Crippen LogP contribution in [0.25, 0.3) is 0 Å². The van der Waals surface area contributed by atoms with Crippen molar-refractivity contribution >= 4 is 11.8 Å². The van der Waals surface area contributed by atoms with E-state index in [-0.39, 0.29) is 0 Å². The number of ether oxygens (including phenoxy) is 1. The van der Waals surface area contributed by atoms with Gasteiger partial charge >= 0.3 is 0 Å². The average molecular weight is 464 g/mol. The number of aromatic nitrogens is 4. The first-order chi connectivity index (χ1) is 16.3. The number of pyridine rings is 1. The molecule has 0 radical (unpaired) electrons. The fourth-order valence-corrected chi connectivity index (χ4v) is 5.82. The maximum Gasteiger partial charge on any atom is 0.191 e. The Labute approximate surface area is 200 Å². The number of thioether (sulfide) groups is 1. The minimum absolute atomic E-state index is 0.291. The van der Waals surface area contributed by atoms with Gasteiger partial charge in [-0.05, 0) is 62.4 Å². The monoisotopic (exact) mass is 463 g/mol. The van der Waals surface area contributed by atoms with Crippen molar-refractivity contribution in [3.63, 3.8) is 0 Å². The van der Waals surface area contributed by atoms with Crippen molar-refractivity contribution in [2.45, 2.75) is 62.4 Å². The third-order valence-corrected chi connectivity index (χ3v) is 7.67. The van der Waals surface area contributed by atoms with Crippen molar-refractivity contribution in [2.24, 2.45) is 0 Å².